The van der Waals surface area contributed by atoms with Crippen molar-refractivity contribution in [1.29, 1.82) is 0 Å². The largest absolute Gasteiger partial charge is 0.493 e. The van der Waals surface area contributed by atoms with E-state index in [1.807, 2.05) is 31.2 Å². The van der Waals surface area contributed by atoms with Gasteiger partial charge in [-0.15, -0.1) is 11.3 Å². The number of hydrogen-bond donors (Lipinski definition) is 2. The molecule has 7 heteroatoms. The second-order valence-corrected chi connectivity index (χ2v) is 7.07. The minimum atomic E-state index is 0.556. The van der Waals surface area contributed by atoms with Crippen LogP contribution in [0.3, 0.4) is 0 Å². The third kappa shape index (κ3) is 6.14. The maximum atomic E-state index is 5.96. The zero-order valence-electron chi connectivity index (χ0n) is 14.8. The van der Waals surface area contributed by atoms with Gasteiger partial charge in [-0.1, -0.05) is 17.7 Å². The fourth-order valence-electron chi connectivity index (χ4n) is 2.28. The maximum Gasteiger partial charge on any atom is 0.191 e. The Bertz CT molecular complexity index is 703. The van der Waals surface area contributed by atoms with Crippen LogP contribution < -0.4 is 20.1 Å². The number of halogens is 1. The Morgan fingerprint density at radius 1 is 1.12 bits per heavy atom. The van der Waals surface area contributed by atoms with Crippen molar-refractivity contribution < 1.29 is 9.47 Å². The topological polar surface area (TPSA) is 54.9 Å². The predicted octanol–water partition coefficient (Wildman–Crippen LogP) is 3.72. The summed E-state index contributed by atoms with van der Waals surface area (Å²) in [7, 11) is 3.26. The Balaban J connectivity index is 1.94. The fourth-order valence-corrected chi connectivity index (χ4v) is 3.37. The van der Waals surface area contributed by atoms with Crippen LogP contribution in [0.15, 0.2) is 35.3 Å². The quantitative estimate of drug-likeness (QED) is 0.540. The van der Waals surface area contributed by atoms with E-state index in [4.69, 9.17) is 21.1 Å². The normalized spacial score (nSPS) is 11.3. The standard InChI is InChI=1S/C18H24ClN3O2S/c1-4-20-18(21-10-9-14-6-8-17(19)25-14)22-12-13-5-7-15(23-2)16(11-13)24-3/h5-8,11H,4,9-10,12H2,1-3H3,(H2,20,21,22). The van der Waals surface area contributed by atoms with Crippen LogP contribution in [0, 0.1) is 0 Å². The van der Waals surface area contributed by atoms with Gasteiger partial charge in [-0.3, -0.25) is 0 Å². The number of ether oxygens (including phenoxy) is 2. The fraction of sp³-hybridized carbons (Fsp3) is 0.389. The summed E-state index contributed by atoms with van der Waals surface area (Å²) in [5.74, 6) is 2.22. The van der Waals surface area contributed by atoms with Crippen LogP contribution in [0.2, 0.25) is 4.34 Å². The summed E-state index contributed by atoms with van der Waals surface area (Å²) in [5.41, 5.74) is 1.06. The van der Waals surface area contributed by atoms with Crippen molar-refractivity contribution >= 4 is 28.9 Å². The molecule has 0 radical (unpaired) electrons. The van der Waals surface area contributed by atoms with Gasteiger partial charge in [0.2, 0.25) is 0 Å². The summed E-state index contributed by atoms with van der Waals surface area (Å²) in [5, 5.41) is 6.60. The molecule has 136 valence electrons. The van der Waals surface area contributed by atoms with Crippen LogP contribution in [-0.4, -0.2) is 33.3 Å². The minimum Gasteiger partial charge on any atom is -0.493 e. The van der Waals surface area contributed by atoms with Gasteiger partial charge in [-0.2, -0.15) is 0 Å². The van der Waals surface area contributed by atoms with E-state index < -0.39 is 0 Å². The molecule has 0 saturated carbocycles. The molecule has 25 heavy (non-hydrogen) atoms. The van der Waals surface area contributed by atoms with Crippen LogP contribution in [0.1, 0.15) is 17.4 Å². The molecular formula is C18H24ClN3O2S. The smallest absolute Gasteiger partial charge is 0.191 e. The molecule has 0 fully saturated rings. The number of nitrogens with one attached hydrogen (secondary N) is 2. The van der Waals surface area contributed by atoms with Gasteiger partial charge in [-0.25, -0.2) is 4.99 Å². The number of thiophene rings is 1. The first-order valence-electron chi connectivity index (χ1n) is 8.13. The SMILES string of the molecule is CCNC(=NCc1ccc(OC)c(OC)c1)NCCc1ccc(Cl)s1. The van der Waals surface area contributed by atoms with Gasteiger partial charge in [0.15, 0.2) is 17.5 Å². The molecule has 0 bridgehead atoms. The molecule has 0 amide bonds. The molecule has 1 heterocycles. The summed E-state index contributed by atoms with van der Waals surface area (Å²) < 4.78 is 11.4. The molecule has 1 aromatic heterocycles. The second-order valence-electron chi connectivity index (χ2n) is 5.27. The van der Waals surface area contributed by atoms with E-state index in [1.165, 1.54) is 4.88 Å². The molecule has 2 N–H and O–H groups in total. The van der Waals surface area contributed by atoms with Crippen LogP contribution in [0.25, 0.3) is 0 Å². The number of methoxy groups -OCH3 is 2. The van der Waals surface area contributed by atoms with E-state index in [9.17, 15) is 0 Å². The number of benzene rings is 1. The van der Waals surface area contributed by atoms with Crippen molar-refractivity contribution in [3.05, 3.63) is 45.1 Å². The predicted molar refractivity (Wildman–Crippen MR) is 105 cm³/mol. The summed E-state index contributed by atoms with van der Waals surface area (Å²) in [4.78, 5) is 5.88. The van der Waals surface area contributed by atoms with E-state index in [1.54, 1.807) is 25.6 Å². The van der Waals surface area contributed by atoms with Crippen molar-refractivity contribution in [2.75, 3.05) is 27.3 Å². The maximum absolute atomic E-state index is 5.96. The summed E-state index contributed by atoms with van der Waals surface area (Å²) >= 11 is 7.57. The highest BCUT2D eigenvalue weighted by Crippen LogP contribution is 2.27. The van der Waals surface area contributed by atoms with Gasteiger partial charge in [0.1, 0.15) is 0 Å². The molecular weight excluding hydrogens is 358 g/mol. The molecule has 0 aliphatic rings. The molecule has 0 aliphatic carbocycles. The molecule has 5 nitrogen and oxygen atoms in total. The summed E-state index contributed by atoms with van der Waals surface area (Å²) in [6, 6.07) is 9.81. The lowest BCUT2D eigenvalue weighted by Crippen LogP contribution is -2.38. The Morgan fingerprint density at radius 2 is 1.92 bits per heavy atom. The highest BCUT2D eigenvalue weighted by Gasteiger charge is 2.05. The Labute approximate surface area is 158 Å². The van der Waals surface area contributed by atoms with E-state index >= 15 is 0 Å². The first kappa shape index (κ1) is 19.4. The van der Waals surface area contributed by atoms with E-state index in [-0.39, 0.29) is 0 Å². The van der Waals surface area contributed by atoms with Gasteiger partial charge < -0.3 is 20.1 Å². The van der Waals surface area contributed by atoms with E-state index in [0.717, 1.165) is 41.1 Å². The lowest BCUT2D eigenvalue weighted by atomic mass is 10.2. The van der Waals surface area contributed by atoms with Gasteiger partial charge in [0, 0.05) is 18.0 Å². The van der Waals surface area contributed by atoms with Crippen molar-refractivity contribution in [3.8, 4) is 11.5 Å². The monoisotopic (exact) mass is 381 g/mol. The number of hydrogen-bond acceptors (Lipinski definition) is 4. The first-order valence-corrected chi connectivity index (χ1v) is 9.33. The van der Waals surface area contributed by atoms with Gasteiger partial charge in [-0.05, 0) is 43.2 Å². The highest BCUT2D eigenvalue weighted by atomic mass is 35.5. The number of guanidine groups is 1. The Hall–Kier alpha value is -1.92. The lowest BCUT2D eigenvalue weighted by molar-refractivity contribution is 0.354. The van der Waals surface area contributed by atoms with Crippen LogP contribution in [0.4, 0.5) is 0 Å². The third-order valence-electron chi connectivity index (χ3n) is 3.50. The van der Waals surface area contributed by atoms with Gasteiger partial charge in [0.05, 0.1) is 25.1 Å². The van der Waals surface area contributed by atoms with Crippen molar-refractivity contribution in [3.63, 3.8) is 0 Å². The van der Waals surface area contributed by atoms with Gasteiger partial charge >= 0.3 is 0 Å². The molecule has 0 spiro atoms. The Morgan fingerprint density at radius 3 is 2.56 bits per heavy atom. The first-order chi connectivity index (χ1) is 12.2. The number of aliphatic imine (C=N–C) groups is 1. The van der Waals surface area contributed by atoms with Crippen molar-refractivity contribution in [2.45, 2.75) is 19.9 Å². The van der Waals surface area contributed by atoms with Crippen LogP contribution in [-0.2, 0) is 13.0 Å². The third-order valence-corrected chi connectivity index (χ3v) is 4.80. The van der Waals surface area contributed by atoms with E-state index in [2.05, 4.69) is 21.7 Å². The zero-order valence-corrected chi connectivity index (χ0v) is 16.3. The Kier molecular flexibility index (Phi) is 7.88. The lowest BCUT2D eigenvalue weighted by Gasteiger charge is -2.12. The van der Waals surface area contributed by atoms with Crippen LogP contribution in [0.5, 0.6) is 11.5 Å². The molecule has 0 saturated heterocycles. The zero-order chi connectivity index (χ0) is 18.1. The molecule has 0 aliphatic heterocycles. The molecule has 0 atom stereocenters. The second kappa shape index (κ2) is 10.2. The highest BCUT2D eigenvalue weighted by molar-refractivity contribution is 7.16. The molecule has 2 rings (SSSR count). The summed E-state index contributed by atoms with van der Waals surface area (Å²) in [6.45, 7) is 4.21. The van der Waals surface area contributed by atoms with E-state index in [0.29, 0.717) is 12.3 Å². The van der Waals surface area contributed by atoms with Gasteiger partial charge in [0.25, 0.3) is 0 Å². The molecule has 0 unspecified atom stereocenters. The summed E-state index contributed by atoms with van der Waals surface area (Å²) in [6.07, 6.45) is 0.915. The number of rotatable bonds is 8. The molecule has 2 aromatic rings. The minimum absolute atomic E-state index is 0.556. The average Bonchev–Trinajstić information content (AvgIpc) is 3.04. The van der Waals surface area contributed by atoms with Crippen LogP contribution >= 0.6 is 22.9 Å². The average molecular weight is 382 g/mol. The number of nitrogens with zero attached hydrogens (tertiary/aromatic N) is 1. The molecule has 1 aromatic carbocycles. The van der Waals surface area contributed by atoms with Crippen molar-refractivity contribution in [1.82, 2.24) is 10.6 Å². The van der Waals surface area contributed by atoms with Crippen molar-refractivity contribution in [2.24, 2.45) is 4.99 Å².